The molecular formula is C26H38N4O. The van der Waals surface area contributed by atoms with Gasteiger partial charge in [0.2, 0.25) is 0 Å². The number of hydrogen-bond acceptors (Lipinski definition) is 4. The predicted molar refractivity (Wildman–Crippen MR) is 131 cm³/mol. The number of nitrogens with zero attached hydrogens (tertiary/aromatic N) is 3. The van der Waals surface area contributed by atoms with Crippen LogP contribution in [0.25, 0.3) is 11.1 Å². The van der Waals surface area contributed by atoms with Gasteiger partial charge in [-0.15, -0.1) is 0 Å². The van der Waals surface area contributed by atoms with Gasteiger partial charge in [0, 0.05) is 62.6 Å². The van der Waals surface area contributed by atoms with Crippen LogP contribution in [0, 0.1) is 0 Å². The summed E-state index contributed by atoms with van der Waals surface area (Å²) in [6, 6.07) is 17.6. The molecule has 0 aromatic heterocycles. The number of benzene rings is 2. The predicted octanol–water partition coefficient (Wildman–Crippen LogP) is 3.95. The van der Waals surface area contributed by atoms with E-state index in [1.807, 2.05) is 18.2 Å². The maximum Gasteiger partial charge on any atom is 0.251 e. The SMILES string of the molecule is CC(C)N(CCNC(=O)c1cccc(-c2ccc(N3CCN(C)CC3)cc2)c1)C(C)C. The van der Waals surface area contributed by atoms with E-state index in [4.69, 9.17) is 0 Å². The number of nitrogens with one attached hydrogen (secondary N) is 1. The van der Waals surface area contributed by atoms with Gasteiger partial charge in [0.25, 0.3) is 5.91 Å². The van der Waals surface area contributed by atoms with Crippen LogP contribution in [0.5, 0.6) is 0 Å². The molecule has 0 atom stereocenters. The number of piperazine rings is 1. The molecule has 1 aliphatic rings. The van der Waals surface area contributed by atoms with Gasteiger partial charge in [-0.3, -0.25) is 9.69 Å². The second-order valence-corrected chi connectivity index (χ2v) is 9.10. The molecule has 0 bridgehead atoms. The summed E-state index contributed by atoms with van der Waals surface area (Å²) in [4.78, 5) is 19.9. The van der Waals surface area contributed by atoms with Crippen molar-refractivity contribution in [2.45, 2.75) is 39.8 Å². The molecule has 0 saturated carbocycles. The van der Waals surface area contributed by atoms with Crippen LogP contribution in [0.3, 0.4) is 0 Å². The van der Waals surface area contributed by atoms with Crippen LogP contribution in [0.2, 0.25) is 0 Å². The first-order valence-electron chi connectivity index (χ1n) is 11.5. The fourth-order valence-electron chi connectivity index (χ4n) is 4.28. The van der Waals surface area contributed by atoms with Crippen molar-refractivity contribution in [3.63, 3.8) is 0 Å². The Bertz CT molecular complexity index is 831. The van der Waals surface area contributed by atoms with E-state index in [9.17, 15) is 4.79 Å². The van der Waals surface area contributed by atoms with Gasteiger partial charge in [-0.05, 0) is 70.1 Å². The first kappa shape index (κ1) is 23.3. The maximum absolute atomic E-state index is 12.7. The van der Waals surface area contributed by atoms with Gasteiger partial charge in [0.15, 0.2) is 0 Å². The Labute approximate surface area is 188 Å². The lowest BCUT2D eigenvalue weighted by Crippen LogP contribution is -2.44. The number of carbonyl (C=O) groups is 1. The molecule has 5 nitrogen and oxygen atoms in total. The Morgan fingerprint density at radius 3 is 2.19 bits per heavy atom. The molecule has 0 unspecified atom stereocenters. The van der Waals surface area contributed by atoms with Gasteiger partial charge < -0.3 is 15.1 Å². The minimum absolute atomic E-state index is 0.0108. The van der Waals surface area contributed by atoms with Crippen LogP contribution in [-0.2, 0) is 0 Å². The lowest BCUT2D eigenvalue weighted by atomic mass is 10.0. The van der Waals surface area contributed by atoms with E-state index in [1.54, 1.807) is 0 Å². The highest BCUT2D eigenvalue weighted by Crippen LogP contribution is 2.24. The van der Waals surface area contributed by atoms with E-state index in [1.165, 1.54) is 5.69 Å². The highest BCUT2D eigenvalue weighted by Gasteiger charge is 2.15. The monoisotopic (exact) mass is 422 g/mol. The number of amides is 1. The third-order valence-corrected chi connectivity index (χ3v) is 6.18. The zero-order valence-electron chi connectivity index (χ0n) is 19.8. The average molecular weight is 423 g/mol. The highest BCUT2D eigenvalue weighted by atomic mass is 16.1. The number of likely N-dealkylation sites (N-methyl/N-ethyl adjacent to an activating group) is 1. The molecule has 0 aliphatic carbocycles. The molecule has 3 rings (SSSR count). The molecule has 0 radical (unpaired) electrons. The van der Waals surface area contributed by atoms with E-state index in [2.05, 4.69) is 85.1 Å². The summed E-state index contributed by atoms with van der Waals surface area (Å²) in [5.74, 6) is -0.0108. The van der Waals surface area contributed by atoms with Crippen LogP contribution in [0.15, 0.2) is 48.5 Å². The Kier molecular flexibility index (Phi) is 8.10. The van der Waals surface area contributed by atoms with Crippen LogP contribution in [0.4, 0.5) is 5.69 Å². The number of anilines is 1. The van der Waals surface area contributed by atoms with Gasteiger partial charge in [-0.2, -0.15) is 0 Å². The van der Waals surface area contributed by atoms with E-state index in [0.29, 0.717) is 24.2 Å². The Morgan fingerprint density at radius 1 is 0.935 bits per heavy atom. The third-order valence-electron chi connectivity index (χ3n) is 6.18. The second kappa shape index (κ2) is 10.8. The van der Waals surface area contributed by atoms with E-state index >= 15 is 0 Å². The third kappa shape index (κ3) is 6.31. The second-order valence-electron chi connectivity index (χ2n) is 9.10. The summed E-state index contributed by atoms with van der Waals surface area (Å²) in [5, 5.41) is 3.08. The van der Waals surface area contributed by atoms with Crippen LogP contribution < -0.4 is 10.2 Å². The van der Waals surface area contributed by atoms with Gasteiger partial charge in [0.1, 0.15) is 0 Å². The van der Waals surface area contributed by atoms with Gasteiger partial charge >= 0.3 is 0 Å². The molecule has 1 N–H and O–H groups in total. The van der Waals surface area contributed by atoms with Crippen molar-refractivity contribution in [2.75, 3.05) is 51.2 Å². The molecule has 168 valence electrons. The largest absolute Gasteiger partial charge is 0.369 e. The average Bonchev–Trinajstić information content (AvgIpc) is 2.77. The molecule has 1 aliphatic heterocycles. The van der Waals surface area contributed by atoms with Crippen LogP contribution in [0.1, 0.15) is 38.1 Å². The van der Waals surface area contributed by atoms with Crippen molar-refractivity contribution in [3.8, 4) is 11.1 Å². The van der Waals surface area contributed by atoms with Crippen molar-refractivity contribution in [3.05, 3.63) is 54.1 Å². The molecule has 1 fully saturated rings. The zero-order valence-corrected chi connectivity index (χ0v) is 19.8. The molecular weight excluding hydrogens is 384 g/mol. The Morgan fingerprint density at radius 2 is 1.58 bits per heavy atom. The first-order chi connectivity index (χ1) is 14.8. The topological polar surface area (TPSA) is 38.8 Å². The normalized spacial score (nSPS) is 15.2. The molecule has 31 heavy (non-hydrogen) atoms. The van der Waals surface area contributed by atoms with E-state index in [-0.39, 0.29) is 5.91 Å². The summed E-state index contributed by atoms with van der Waals surface area (Å²) in [6.45, 7) is 14.6. The van der Waals surface area contributed by atoms with Gasteiger partial charge in [-0.1, -0.05) is 24.3 Å². The molecule has 1 heterocycles. The Balaban J connectivity index is 1.61. The fraction of sp³-hybridized carbons (Fsp3) is 0.500. The van der Waals surface area contributed by atoms with Crippen molar-refractivity contribution < 1.29 is 4.79 Å². The summed E-state index contributed by atoms with van der Waals surface area (Å²) < 4.78 is 0. The number of hydrogen-bond donors (Lipinski definition) is 1. The van der Waals surface area contributed by atoms with Crippen LogP contribution >= 0.6 is 0 Å². The van der Waals surface area contributed by atoms with Crippen molar-refractivity contribution in [1.82, 2.24) is 15.1 Å². The summed E-state index contributed by atoms with van der Waals surface area (Å²) in [5.41, 5.74) is 4.19. The van der Waals surface area contributed by atoms with Gasteiger partial charge in [0.05, 0.1) is 0 Å². The fourth-order valence-corrected chi connectivity index (χ4v) is 4.28. The lowest BCUT2D eigenvalue weighted by molar-refractivity contribution is 0.0939. The minimum Gasteiger partial charge on any atom is -0.369 e. The summed E-state index contributed by atoms with van der Waals surface area (Å²) in [7, 11) is 2.17. The van der Waals surface area contributed by atoms with Crippen molar-refractivity contribution in [1.29, 1.82) is 0 Å². The minimum atomic E-state index is -0.0108. The number of rotatable bonds is 8. The molecule has 5 heteroatoms. The lowest BCUT2D eigenvalue weighted by Gasteiger charge is -2.34. The highest BCUT2D eigenvalue weighted by molar-refractivity contribution is 5.95. The Hall–Kier alpha value is -2.37. The zero-order chi connectivity index (χ0) is 22.4. The molecule has 1 saturated heterocycles. The molecule has 2 aromatic carbocycles. The molecule has 0 spiro atoms. The van der Waals surface area contributed by atoms with Crippen molar-refractivity contribution in [2.24, 2.45) is 0 Å². The quantitative estimate of drug-likeness (QED) is 0.699. The van der Waals surface area contributed by atoms with E-state index in [0.717, 1.165) is 43.9 Å². The molecule has 1 amide bonds. The summed E-state index contributed by atoms with van der Waals surface area (Å²) >= 11 is 0. The maximum atomic E-state index is 12.7. The van der Waals surface area contributed by atoms with Gasteiger partial charge in [-0.25, -0.2) is 0 Å². The molecule has 2 aromatic rings. The first-order valence-corrected chi connectivity index (χ1v) is 11.5. The number of carbonyl (C=O) groups excluding carboxylic acids is 1. The van der Waals surface area contributed by atoms with E-state index < -0.39 is 0 Å². The summed E-state index contributed by atoms with van der Waals surface area (Å²) in [6.07, 6.45) is 0. The van der Waals surface area contributed by atoms with Crippen LogP contribution in [-0.4, -0.2) is 74.1 Å². The van der Waals surface area contributed by atoms with Crippen molar-refractivity contribution >= 4 is 11.6 Å². The standard InChI is InChI=1S/C26H38N4O/c1-20(2)30(21(3)4)14-13-27-26(31)24-8-6-7-23(19-24)22-9-11-25(12-10-22)29-17-15-28(5)16-18-29/h6-12,19-21H,13-18H2,1-5H3,(H,27,31). The smallest absolute Gasteiger partial charge is 0.251 e.